The number of piperidine rings is 1. The Balaban J connectivity index is 0.00000220. The molecule has 1 aliphatic rings. The number of nitrogens with one attached hydrogen (secondary N) is 1. The molecule has 0 saturated carbocycles. The van der Waals surface area contributed by atoms with Gasteiger partial charge < -0.3 is 10.4 Å². The van der Waals surface area contributed by atoms with Gasteiger partial charge in [0.05, 0.1) is 6.42 Å². The Kier molecular flexibility index (Phi) is 8.35. The molecule has 1 aromatic carbocycles. The van der Waals surface area contributed by atoms with E-state index in [0.717, 1.165) is 19.6 Å². The first-order valence-electron chi connectivity index (χ1n) is 7.46. The van der Waals surface area contributed by atoms with Crippen LogP contribution in [0.4, 0.5) is 0 Å². The van der Waals surface area contributed by atoms with Crippen LogP contribution in [0.2, 0.25) is 0 Å². The molecule has 1 aliphatic heterocycles. The summed E-state index contributed by atoms with van der Waals surface area (Å²) in [6.45, 7) is 3.58. The highest BCUT2D eigenvalue weighted by Gasteiger charge is 2.21. The van der Waals surface area contributed by atoms with Gasteiger partial charge in [0.25, 0.3) is 0 Å². The Hall–Kier alpha value is -1.10. The molecule has 0 bridgehead atoms. The lowest BCUT2D eigenvalue weighted by molar-refractivity contribution is -0.136. The van der Waals surface area contributed by atoms with Crippen molar-refractivity contribution >= 4 is 18.4 Å². The average Bonchev–Trinajstić information content (AvgIpc) is 2.46. The molecule has 0 radical (unpaired) electrons. The van der Waals surface area contributed by atoms with Gasteiger partial charge in [-0.1, -0.05) is 36.8 Å². The van der Waals surface area contributed by atoms with Gasteiger partial charge in [0.15, 0.2) is 0 Å². The summed E-state index contributed by atoms with van der Waals surface area (Å²) in [5.41, 5.74) is 1.35. The Bertz CT molecular complexity index is 414. The molecule has 1 unspecified atom stereocenters. The summed E-state index contributed by atoms with van der Waals surface area (Å²) in [7, 11) is 0. The zero-order valence-electron chi connectivity index (χ0n) is 12.3. The third-order valence-electron chi connectivity index (χ3n) is 3.87. The predicted molar refractivity (Wildman–Crippen MR) is 86.9 cm³/mol. The van der Waals surface area contributed by atoms with Crippen LogP contribution < -0.4 is 5.32 Å². The fraction of sp³-hybridized carbons (Fsp3) is 0.562. The number of likely N-dealkylation sites (tertiary alicyclic amines) is 1. The first kappa shape index (κ1) is 18.0. The maximum atomic E-state index is 10.5. The lowest BCUT2D eigenvalue weighted by Crippen LogP contribution is -2.45. The van der Waals surface area contributed by atoms with E-state index in [1.807, 2.05) is 6.07 Å². The molecule has 4 nitrogen and oxygen atoms in total. The van der Waals surface area contributed by atoms with Gasteiger partial charge in [-0.25, -0.2) is 0 Å². The van der Waals surface area contributed by atoms with Crippen molar-refractivity contribution in [1.29, 1.82) is 0 Å². The molecule has 0 amide bonds. The minimum absolute atomic E-state index is 0. The van der Waals surface area contributed by atoms with E-state index in [4.69, 9.17) is 5.11 Å². The molecular weight excluding hydrogens is 288 g/mol. The summed E-state index contributed by atoms with van der Waals surface area (Å²) in [5.74, 6) is -0.734. The molecule has 1 saturated heterocycles. The molecular formula is C16H25ClN2O2. The third kappa shape index (κ3) is 6.46. The average molecular weight is 313 g/mol. The number of carboxylic acid groups (broad SMARTS) is 1. The normalized spacial score (nSPS) is 19.0. The fourth-order valence-corrected chi connectivity index (χ4v) is 2.78. The maximum absolute atomic E-state index is 10.5. The summed E-state index contributed by atoms with van der Waals surface area (Å²) in [6, 6.07) is 11.1. The molecule has 5 heteroatoms. The monoisotopic (exact) mass is 312 g/mol. The number of nitrogens with zero attached hydrogens (tertiary/aromatic N) is 1. The SMILES string of the molecule is Cl.O=C(O)CCNCC1CCCCN1Cc1ccccc1. The van der Waals surface area contributed by atoms with Crippen molar-refractivity contribution in [2.45, 2.75) is 38.3 Å². The van der Waals surface area contributed by atoms with Crippen molar-refractivity contribution in [3.63, 3.8) is 0 Å². The van der Waals surface area contributed by atoms with Crippen LogP contribution in [0.1, 0.15) is 31.2 Å². The second-order valence-corrected chi connectivity index (χ2v) is 5.45. The summed E-state index contributed by atoms with van der Waals surface area (Å²) in [4.78, 5) is 13.0. The summed E-state index contributed by atoms with van der Waals surface area (Å²) in [6.07, 6.45) is 3.94. The van der Waals surface area contributed by atoms with Crippen LogP contribution in [0.5, 0.6) is 0 Å². The third-order valence-corrected chi connectivity index (χ3v) is 3.87. The van der Waals surface area contributed by atoms with Crippen molar-refractivity contribution in [2.75, 3.05) is 19.6 Å². The number of hydrogen-bond acceptors (Lipinski definition) is 3. The van der Waals surface area contributed by atoms with Gasteiger partial charge in [-0.3, -0.25) is 9.69 Å². The molecule has 2 rings (SSSR count). The first-order valence-corrected chi connectivity index (χ1v) is 7.46. The van der Waals surface area contributed by atoms with Gasteiger partial charge in [0.2, 0.25) is 0 Å². The minimum atomic E-state index is -0.734. The Morgan fingerprint density at radius 2 is 2.05 bits per heavy atom. The van der Waals surface area contributed by atoms with Crippen LogP contribution in [0.25, 0.3) is 0 Å². The molecule has 21 heavy (non-hydrogen) atoms. The Morgan fingerprint density at radius 1 is 1.29 bits per heavy atom. The Morgan fingerprint density at radius 3 is 2.76 bits per heavy atom. The first-order chi connectivity index (χ1) is 9.75. The van der Waals surface area contributed by atoms with E-state index >= 15 is 0 Å². The largest absolute Gasteiger partial charge is 0.481 e. The number of carboxylic acids is 1. The number of benzene rings is 1. The van der Waals surface area contributed by atoms with Crippen LogP contribution in [-0.2, 0) is 11.3 Å². The van der Waals surface area contributed by atoms with Crippen molar-refractivity contribution in [3.05, 3.63) is 35.9 Å². The van der Waals surface area contributed by atoms with Crippen LogP contribution in [0, 0.1) is 0 Å². The lowest BCUT2D eigenvalue weighted by Gasteiger charge is -2.36. The molecule has 118 valence electrons. The van der Waals surface area contributed by atoms with Gasteiger partial charge in [0, 0.05) is 25.7 Å². The van der Waals surface area contributed by atoms with E-state index in [1.54, 1.807) is 0 Å². The molecule has 0 spiro atoms. The zero-order valence-corrected chi connectivity index (χ0v) is 13.1. The smallest absolute Gasteiger partial charge is 0.304 e. The summed E-state index contributed by atoms with van der Waals surface area (Å²) < 4.78 is 0. The summed E-state index contributed by atoms with van der Waals surface area (Å²) in [5, 5.41) is 11.9. The lowest BCUT2D eigenvalue weighted by atomic mass is 10.0. The molecule has 1 heterocycles. The van der Waals surface area contributed by atoms with Gasteiger partial charge in [-0.2, -0.15) is 0 Å². The minimum Gasteiger partial charge on any atom is -0.481 e. The van der Waals surface area contributed by atoms with E-state index in [-0.39, 0.29) is 18.8 Å². The van der Waals surface area contributed by atoms with Crippen molar-refractivity contribution in [1.82, 2.24) is 10.2 Å². The van der Waals surface area contributed by atoms with Crippen LogP contribution in [0.3, 0.4) is 0 Å². The predicted octanol–water partition coefficient (Wildman–Crippen LogP) is 2.53. The number of aliphatic carboxylic acids is 1. The van der Waals surface area contributed by atoms with Crippen molar-refractivity contribution in [3.8, 4) is 0 Å². The van der Waals surface area contributed by atoms with Crippen LogP contribution in [-0.4, -0.2) is 41.7 Å². The highest BCUT2D eigenvalue weighted by Crippen LogP contribution is 2.19. The molecule has 0 aliphatic carbocycles. The van der Waals surface area contributed by atoms with Gasteiger partial charge in [-0.05, 0) is 24.9 Å². The van der Waals surface area contributed by atoms with Crippen molar-refractivity contribution < 1.29 is 9.90 Å². The number of rotatable bonds is 7. The molecule has 1 fully saturated rings. The molecule has 1 aromatic rings. The van der Waals surface area contributed by atoms with Crippen molar-refractivity contribution in [2.24, 2.45) is 0 Å². The highest BCUT2D eigenvalue weighted by atomic mass is 35.5. The van der Waals surface area contributed by atoms with E-state index in [9.17, 15) is 4.79 Å². The number of carbonyl (C=O) groups is 1. The second-order valence-electron chi connectivity index (χ2n) is 5.45. The van der Waals surface area contributed by atoms with E-state index in [1.165, 1.54) is 24.8 Å². The molecule has 1 atom stereocenters. The topological polar surface area (TPSA) is 52.6 Å². The van der Waals surface area contributed by atoms with E-state index in [0.29, 0.717) is 12.6 Å². The van der Waals surface area contributed by atoms with Gasteiger partial charge in [-0.15, -0.1) is 12.4 Å². The van der Waals surface area contributed by atoms with Gasteiger partial charge >= 0.3 is 5.97 Å². The molecule has 0 aromatic heterocycles. The second kappa shape index (κ2) is 9.77. The van der Waals surface area contributed by atoms with Crippen LogP contribution >= 0.6 is 12.4 Å². The maximum Gasteiger partial charge on any atom is 0.304 e. The zero-order chi connectivity index (χ0) is 14.2. The van der Waals surface area contributed by atoms with E-state index < -0.39 is 5.97 Å². The molecule has 2 N–H and O–H groups in total. The summed E-state index contributed by atoms with van der Waals surface area (Å²) >= 11 is 0. The number of hydrogen-bond donors (Lipinski definition) is 2. The van der Waals surface area contributed by atoms with Crippen LogP contribution in [0.15, 0.2) is 30.3 Å². The number of halogens is 1. The standard InChI is InChI=1S/C16H24N2O2.ClH/c19-16(20)9-10-17-12-15-8-4-5-11-18(15)13-14-6-2-1-3-7-14;/h1-3,6-7,15,17H,4-5,8-13H2,(H,19,20);1H. The Labute approximate surface area is 132 Å². The van der Waals surface area contributed by atoms with E-state index in [2.05, 4.69) is 34.5 Å². The van der Waals surface area contributed by atoms with Gasteiger partial charge in [0.1, 0.15) is 0 Å². The highest BCUT2D eigenvalue weighted by molar-refractivity contribution is 5.85. The fourth-order valence-electron chi connectivity index (χ4n) is 2.78. The quantitative estimate of drug-likeness (QED) is 0.760.